The lowest BCUT2D eigenvalue weighted by Crippen LogP contribution is -2.63. The Morgan fingerprint density at radius 3 is 2.64 bits per heavy atom. The highest BCUT2D eigenvalue weighted by Crippen LogP contribution is 2.39. The van der Waals surface area contributed by atoms with Crippen LogP contribution in [0.15, 0.2) is 40.8 Å². The number of rotatable bonds is 9. The number of hydrogen-bond acceptors (Lipinski definition) is 5. The second-order valence-corrected chi connectivity index (χ2v) is 7.99. The molecule has 1 aliphatic heterocycles. The Morgan fingerprint density at radius 2 is 2.06 bits per heavy atom. The third-order valence-corrected chi connectivity index (χ3v) is 5.81. The van der Waals surface area contributed by atoms with E-state index in [1.807, 2.05) is 19.9 Å². The maximum absolute atomic E-state index is 13.5. The highest BCUT2D eigenvalue weighted by Gasteiger charge is 2.53. The van der Waals surface area contributed by atoms with Crippen molar-refractivity contribution < 1.29 is 23.5 Å². The third-order valence-electron chi connectivity index (χ3n) is 5.81. The molecule has 0 aliphatic carbocycles. The molecule has 3 amide bonds. The standard InChI is InChI=1S/C25H29N3O5/c1-7-16(4)10-18-11-21(33-22(18)15(2)3)25(27-14-29,24(31)26-5)28-13-17-8-9-19(32-6)12-20(17)23(28)30/h8-12,14H,2,7,13H2,1,3-6H3,(H,26,31)(H,27,29)/b16-10+. The van der Waals surface area contributed by atoms with Gasteiger partial charge in [0, 0.05) is 18.2 Å². The predicted octanol–water partition coefficient (Wildman–Crippen LogP) is 3.44. The molecule has 0 radical (unpaired) electrons. The molecule has 8 nitrogen and oxygen atoms in total. The summed E-state index contributed by atoms with van der Waals surface area (Å²) in [6, 6.07) is 6.80. The highest BCUT2D eigenvalue weighted by atomic mass is 16.5. The first kappa shape index (κ1) is 23.8. The highest BCUT2D eigenvalue weighted by molar-refractivity contribution is 6.03. The van der Waals surface area contributed by atoms with Gasteiger partial charge in [-0.25, -0.2) is 0 Å². The van der Waals surface area contributed by atoms with Crippen LogP contribution in [0.4, 0.5) is 0 Å². The minimum atomic E-state index is -1.91. The number of fused-ring (bicyclic) bond motifs is 1. The topological polar surface area (TPSA) is 101 Å². The molecule has 174 valence electrons. The molecule has 2 heterocycles. The van der Waals surface area contributed by atoms with Crippen LogP contribution < -0.4 is 15.4 Å². The zero-order chi connectivity index (χ0) is 24.3. The Morgan fingerprint density at radius 1 is 1.33 bits per heavy atom. The van der Waals surface area contributed by atoms with Crippen molar-refractivity contribution in [2.24, 2.45) is 0 Å². The zero-order valence-electron chi connectivity index (χ0n) is 19.6. The van der Waals surface area contributed by atoms with E-state index in [1.54, 1.807) is 31.2 Å². The number of carbonyl (C=O) groups is 3. The maximum Gasteiger partial charge on any atom is 0.274 e. The van der Waals surface area contributed by atoms with Crippen LogP contribution in [-0.4, -0.2) is 37.3 Å². The van der Waals surface area contributed by atoms with Crippen molar-refractivity contribution >= 4 is 29.9 Å². The molecule has 3 rings (SSSR count). The largest absolute Gasteiger partial charge is 0.497 e. The van der Waals surface area contributed by atoms with Crippen LogP contribution in [0.1, 0.15) is 60.2 Å². The van der Waals surface area contributed by atoms with Gasteiger partial charge >= 0.3 is 0 Å². The Kier molecular flexibility index (Phi) is 6.76. The van der Waals surface area contributed by atoms with Crippen molar-refractivity contribution in [2.45, 2.75) is 39.4 Å². The van der Waals surface area contributed by atoms with E-state index in [2.05, 4.69) is 17.2 Å². The van der Waals surface area contributed by atoms with E-state index in [9.17, 15) is 14.4 Å². The SMILES string of the molecule is C=C(C)c1oc(C(NC=O)(C(=O)NC)N2Cc3ccc(OC)cc3C2=O)cc1/C=C(\C)CC. The van der Waals surface area contributed by atoms with E-state index in [4.69, 9.17) is 9.15 Å². The summed E-state index contributed by atoms with van der Waals surface area (Å²) in [4.78, 5) is 39.9. The van der Waals surface area contributed by atoms with Crippen LogP contribution in [-0.2, 0) is 21.8 Å². The normalized spacial score (nSPS) is 15.0. The van der Waals surface area contributed by atoms with Gasteiger partial charge < -0.3 is 19.8 Å². The minimum absolute atomic E-state index is 0.0920. The number of nitrogens with one attached hydrogen (secondary N) is 2. The molecular formula is C25H29N3O5. The quantitative estimate of drug-likeness (QED) is 0.569. The third kappa shape index (κ3) is 4.04. The second-order valence-electron chi connectivity index (χ2n) is 7.99. The Labute approximate surface area is 193 Å². The fourth-order valence-corrected chi connectivity index (χ4v) is 3.92. The molecule has 1 aromatic carbocycles. The second kappa shape index (κ2) is 9.36. The Balaban J connectivity index is 2.24. The van der Waals surface area contributed by atoms with Gasteiger partial charge in [-0.1, -0.05) is 31.2 Å². The molecule has 2 aromatic rings. The molecule has 1 atom stereocenters. The summed E-state index contributed by atoms with van der Waals surface area (Å²) in [5, 5.41) is 5.15. The van der Waals surface area contributed by atoms with Gasteiger partial charge in [-0.2, -0.15) is 0 Å². The first-order chi connectivity index (χ1) is 15.7. The van der Waals surface area contributed by atoms with Gasteiger partial charge in [0.2, 0.25) is 6.41 Å². The summed E-state index contributed by atoms with van der Waals surface area (Å²) in [5.74, 6) is 0.0483. The predicted molar refractivity (Wildman–Crippen MR) is 125 cm³/mol. The van der Waals surface area contributed by atoms with Gasteiger partial charge in [0.05, 0.1) is 13.7 Å². The maximum atomic E-state index is 13.5. The van der Waals surface area contributed by atoms with Gasteiger partial charge in [-0.05, 0) is 49.6 Å². The van der Waals surface area contributed by atoms with Crippen molar-refractivity contribution in [3.05, 3.63) is 64.6 Å². The summed E-state index contributed by atoms with van der Waals surface area (Å²) in [7, 11) is 2.95. The van der Waals surface area contributed by atoms with Crippen LogP contribution in [0.3, 0.4) is 0 Å². The minimum Gasteiger partial charge on any atom is -0.497 e. The summed E-state index contributed by atoms with van der Waals surface area (Å²) in [6.45, 7) is 9.88. The average Bonchev–Trinajstić information content (AvgIpc) is 3.38. The van der Waals surface area contributed by atoms with Crippen LogP contribution in [0.2, 0.25) is 0 Å². The molecule has 1 aromatic heterocycles. The summed E-state index contributed by atoms with van der Waals surface area (Å²) < 4.78 is 11.4. The van der Waals surface area contributed by atoms with E-state index >= 15 is 0 Å². The molecule has 33 heavy (non-hydrogen) atoms. The van der Waals surface area contributed by atoms with Crippen molar-refractivity contribution in [3.63, 3.8) is 0 Å². The molecule has 1 aliphatic rings. The van der Waals surface area contributed by atoms with E-state index in [0.717, 1.165) is 12.0 Å². The molecule has 0 saturated carbocycles. The van der Waals surface area contributed by atoms with Crippen LogP contribution in [0.25, 0.3) is 11.6 Å². The van der Waals surface area contributed by atoms with Gasteiger partial charge in [0.1, 0.15) is 11.5 Å². The monoisotopic (exact) mass is 451 g/mol. The van der Waals surface area contributed by atoms with Crippen molar-refractivity contribution in [1.29, 1.82) is 0 Å². The van der Waals surface area contributed by atoms with Crippen molar-refractivity contribution in [2.75, 3.05) is 14.2 Å². The number of carbonyl (C=O) groups excluding carboxylic acids is 3. The molecule has 8 heteroatoms. The number of methoxy groups -OCH3 is 1. The van der Waals surface area contributed by atoms with Gasteiger partial charge in [0.25, 0.3) is 17.5 Å². The fraction of sp³-hybridized carbons (Fsp3) is 0.320. The van der Waals surface area contributed by atoms with Crippen LogP contribution in [0, 0.1) is 0 Å². The average molecular weight is 452 g/mol. The zero-order valence-corrected chi connectivity index (χ0v) is 19.6. The molecule has 1 unspecified atom stereocenters. The number of allylic oxidation sites excluding steroid dienone is 2. The number of ether oxygens (including phenoxy) is 1. The molecule has 0 fully saturated rings. The van der Waals surface area contributed by atoms with Gasteiger partial charge in [-0.3, -0.25) is 19.3 Å². The lowest BCUT2D eigenvalue weighted by Gasteiger charge is -2.37. The number of likely N-dealkylation sites (N-methyl/N-ethyl adjacent to an activating group) is 1. The number of hydrogen-bond donors (Lipinski definition) is 2. The number of furan rings is 1. The number of nitrogens with zero attached hydrogens (tertiary/aromatic N) is 1. The van der Waals surface area contributed by atoms with E-state index in [-0.39, 0.29) is 12.3 Å². The van der Waals surface area contributed by atoms with E-state index in [0.29, 0.717) is 40.2 Å². The van der Waals surface area contributed by atoms with Gasteiger partial charge in [0.15, 0.2) is 5.76 Å². The Hall–Kier alpha value is -3.81. The number of benzene rings is 1. The first-order valence-electron chi connectivity index (χ1n) is 10.6. The lowest BCUT2D eigenvalue weighted by molar-refractivity contribution is -0.139. The van der Waals surface area contributed by atoms with Crippen LogP contribution in [0.5, 0.6) is 5.75 Å². The smallest absolute Gasteiger partial charge is 0.274 e. The molecule has 0 spiro atoms. The number of amides is 3. The first-order valence-corrected chi connectivity index (χ1v) is 10.6. The molecule has 0 saturated heterocycles. The summed E-state index contributed by atoms with van der Waals surface area (Å²) >= 11 is 0. The molecule has 0 bridgehead atoms. The lowest BCUT2D eigenvalue weighted by atomic mass is 10.0. The Bertz CT molecular complexity index is 1150. The fourth-order valence-electron chi connectivity index (χ4n) is 3.92. The van der Waals surface area contributed by atoms with Crippen molar-refractivity contribution in [1.82, 2.24) is 15.5 Å². The molecule has 2 N–H and O–H groups in total. The summed E-state index contributed by atoms with van der Waals surface area (Å²) in [5.41, 5.74) is 1.64. The van der Waals surface area contributed by atoms with Crippen molar-refractivity contribution in [3.8, 4) is 5.75 Å². The van der Waals surface area contributed by atoms with E-state index < -0.39 is 17.5 Å². The molecular weight excluding hydrogens is 422 g/mol. The van der Waals surface area contributed by atoms with Gasteiger partial charge in [-0.15, -0.1) is 0 Å². The van der Waals surface area contributed by atoms with Crippen LogP contribution >= 0.6 is 0 Å². The van der Waals surface area contributed by atoms with E-state index in [1.165, 1.54) is 19.1 Å². The summed E-state index contributed by atoms with van der Waals surface area (Å²) in [6.07, 6.45) is 3.16.